The molecule has 0 rings (SSSR count). The van der Waals surface area contributed by atoms with Gasteiger partial charge in [-0.2, -0.15) is 0 Å². The lowest BCUT2D eigenvalue weighted by atomic mass is 10.1. The first kappa shape index (κ1) is 16.9. The average Bonchev–Trinajstić information content (AvgIpc) is 2.36. The van der Waals surface area contributed by atoms with Gasteiger partial charge in [-0.15, -0.1) is 0 Å². The summed E-state index contributed by atoms with van der Waals surface area (Å²) in [7, 11) is 1.78. The normalized spacial score (nSPS) is 13.6. The van der Waals surface area contributed by atoms with E-state index in [1.165, 1.54) is 19.3 Å². The van der Waals surface area contributed by atoms with Crippen molar-refractivity contribution < 1.29 is 4.74 Å². The van der Waals surface area contributed by atoms with Crippen LogP contribution in [0.2, 0.25) is 0 Å². The Morgan fingerprint density at radius 3 is 2.18 bits per heavy atom. The van der Waals surface area contributed by atoms with Crippen LogP contribution in [0, 0.1) is 0 Å². The van der Waals surface area contributed by atoms with Crippen molar-refractivity contribution in [2.24, 2.45) is 5.73 Å². The number of rotatable bonds is 11. The third-order valence-corrected chi connectivity index (χ3v) is 3.59. The summed E-state index contributed by atoms with van der Waals surface area (Å²) < 4.78 is 5.19. The summed E-state index contributed by atoms with van der Waals surface area (Å²) in [6.45, 7) is 9.73. The summed E-state index contributed by atoms with van der Waals surface area (Å²) in [5.41, 5.74) is 5.96. The monoisotopic (exact) mass is 244 g/mol. The number of ether oxygens (including phenoxy) is 1. The fourth-order valence-electron chi connectivity index (χ4n) is 2.25. The molecule has 0 aromatic heterocycles. The minimum absolute atomic E-state index is 0.376. The van der Waals surface area contributed by atoms with Crippen molar-refractivity contribution in [3.8, 4) is 0 Å². The molecule has 0 aromatic carbocycles. The summed E-state index contributed by atoms with van der Waals surface area (Å²) >= 11 is 0. The van der Waals surface area contributed by atoms with Crippen molar-refractivity contribution in [1.82, 2.24) is 4.90 Å². The largest absolute Gasteiger partial charge is 0.383 e. The molecule has 1 atom stereocenters. The Hall–Kier alpha value is -0.120. The van der Waals surface area contributed by atoms with E-state index in [4.69, 9.17) is 10.5 Å². The van der Waals surface area contributed by atoms with Crippen molar-refractivity contribution in [2.45, 2.75) is 65.0 Å². The molecule has 0 fully saturated rings. The van der Waals surface area contributed by atoms with Gasteiger partial charge >= 0.3 is 0 Å². The van der Waals surface area contributed by atoms with E-state index < -0.39 is 0 Å². The molecular weight excluding hydrogens is 212 g/mol. The molecule has 3 heteroatoms. The molecule has 2 N–H and O–H groups in total. The lowest BCUT2D eigenvalue weighted by Crippen LogP contribution is -2.38. The predicted molar refractivity (Wildman–Crippen MR) is 75.3 cm³/mol. The minimum atomic E-state index is 0.376. The topological polar surface area (TPSA) is 38.5 Å². The molecule has 104 valence electrons. The smallest absolute Gasteiger partial charge is 0.0589 e. The maximum Gasteiger partial charge on any atom is 0.0589 e. The van der Waals surface area contributed by atoms with E-state index in [1.54, 1.807) is 7.11 Å². The van der Waals surface area contributed by atoms with E-state index >= 15 is 0 Å². The maximum absolute atomic E-state index is 5.96. The number of methoxy groups -OCH3 is 1. The van der Waals surface area contributed by atoms with Crippen LogP contribution < -0.4 is 5.73 Å². The second-order valence-corrected chi connectivity index (χ2v) is 4.81. The molecule has 0 aromatic rings. The molecule has 17 heavy (non-hydrogen) atoms. The molecule has 0 aliphatic heterocycles. The van der Waals surface area contributed by atoms with Gasteiger partial charge in [-0.3, -0.25) is 4.90 Å². The molecule has 0 aliphatic rings. The molecule has 0 saturated heterocycles. The highest BCUT2D eigenvalue weighted by molar-refractivity contribution is 4.70. The second kappa shape index (κ2) is 11.0. The lowest BCUT2D eigenvalue weighted by Gasteiger charge is -2.30. The molecule has 0 bridgehead atoms. The zero-order valence-corrected chi connectivity index (χ0v) is 12.2. The average molecular weight is 244 g/mol. The maximum atomic E-state index is 5.96. The van der Waals surface area contributed by atoms with Crippen LogP contribution in [-0.4, -0.2) is 43.8 Å². The highest BCUT2D eigenvalue weighted by Gasteiger charge is 2.14. The third-order valence-electron chi connectivity index (χ3n) is 3.59. The van der Waals surface area contributed by atoms with E-state index in [0.717, 1.165) is 32.5 Å². The third kappa shape index (κ3) is 7.74. The summed E-state index contributed by atoms with van der Waals surface area (Å²) in [4.78, 5) is 2.56. The summed E-state index contributed by atoms with van der Waals surface area (Å²) in [5.74, 6) is 0. The van der Waals surface area contributed by atoms with Gasteiger partial charge in [-0.1, -0.05) is 20.8 Å². The Labute approximate surface area is 108 Å². The van der Waals surface area contributed by atoms with E-state index in [1.807, 2.05) is 0 Å². The van der Waals surface area contributed by atoms with E-state index in [-0.39, 0.29) is 0 Å². The van der Waals surface area contributed by atoms with Gasteiger partial charge in [0.25, 0.3) is 0 Å². The van der Waals surface area contributed by atoms with Gasteiger partial charge < -0.3 is 10.5 Å². The summed E-state index contributed by atoms with van der Waals surface area (Å²) in [6, 6.07) is 1.07. The van der Waals surface area contributed by atoms with Crippen molar-refractivity contribution in [2.75, 3.05) is 26.8 Å². The molecule has 0 radical (unpaired) electrons. The highest BCUT2D eigenvalue weighted by Crippen LogP contribution is 2.10. The van der Waals surface area contributed by atoms with Crippen molar-refractivity contribution in [3.05, 3.63) is 0 Å². The first-order valence-electron chi connectivity index (χ1n) is 7.18. The van der Waals surface area contributed by atoms with Gasteiger partial charge in [0.15, 0.2) is 0 Å². The zero-order valence-electron chi connectivity index (χ0n) is 12.2. The molecular formula is C14H32N2O. The summed E-state index contributed by atoms with van der Waals surface area (Å²) in [6.07, 6.45) is 5.87. The molecule has 0 amide bonds. The Kier molecular flexibility index (Phi) is 10.9. The molecule has 0 heterocycles. The number of nitrogens with zero attached hydrogens (tertiary/aromatic N) is 1. The van der Waals surface area contributed by atoms with Crippen molar-refractivity contribution in [1.29, 1.82) is 0 Å². The summed E-state index contributed by atoms with van der Waals surface area (Å²) in [5, 5.41) is 0. The Morgan fingerprint density at radius 2 is 1.71 bits per heavy atom. The standard InChI is InChI=1S/C14H32N2O/c1-5-13(15)9-8-10-16(11-12-17-4)14(6-2)7-3/h13-14H,5-12,15H2,1-4H3. The fourth-order valence-corrected chi connectivity index (χ4v) is 2.25. The quantitative estimate of drug-likeness (QED) is 0.607. The van der Waals surface area contributed by atoms with Crippen LogP contribution in [-0.2, 0) is 4.74 Å². The lowest BCUT2D eigenvalue weighted by molar-refractivity contribution is 0.113. The first-order chi connectivity index (χ1) is 8.19. The number of hydrogen-bond donors (Lipinski definition) is 1. The van der Waals surface area contributed by atoms with Crippen LogP contribution >= 0.6 is 0 Å². The van der Waals surface area contributed by atoms with Crippen LogP contribution in [0.5, 0.6) is 0 Å². The number of hydrogen-bond acceptors (Lipinski definition) is 3. The van der Waals surface area contributed by atoms with Crippen LogP contribution in [0.15, 0.2) is 0 Å². The molecule has 1 unspecified atom stereocenters. The SMILES string of the molecule is CCC(N)CCCN(CCOC)C(CC)CC. The fraction of sp³-hybridized carbons (Fsp3) is 1.00. The van der Waals surface area contributed by atoms with Crippen LogP contribution in [0.4, 0.5) is 0 Å². The van der Waals surface area contributed by atoms with Gasteiger partial charge in [0, 0.05) is 25.7 Å². The second-order valence-electron chi connectivity index (χ2n) is 4.81. The van der Waals surface area contributed by atoms with Crippen LogP contribution in [0.25, 0.3) is 0 Å². The van der Waals surface area contributed by atoms with Gasteiger partial charge in [0.2, 0.25) is 0 Å². The Morgan fingerprint density at radius 1 is 1.06 bits per heavy atom. The molecule has 0 saturated carbocycles. The van der Waals surface area contributed by atoms with Gasteiger partial charge in [0.05, 0.1) is 6.61 Å². The molecule has 0 aliphatic carbocycles. The first-order valence-corrected chi connectivity index (χ1v) is 7.18. The Balaban J connectivity index is 3.99. The van der Waals surface area contributed by atoms with E-state index in [9.17, 15) is 0 Å². The van der Waals surface area contributed by atoms with Gasteiger partial charge in [-0.25, -0.2) is 0 Å². The Bertz CT molecular complexity index is 160. The molecule has 3 nitrogen and oxygen atoms in total. The molecule has 0 spiro atoms. The van der Waals surface area contributed by atoms with Gasteiger partial charge in [0.1, 0.15) is 0 Å². The highest BCUT2D eigenvalue weighted by atomic mass is 16.5. The number of nitrogens with two attached hydrogens (primary N) is 1. The zero-order chi connectivity index (χ0) is 13.1. The van der Waals surface area contributed by atoms with Crippen LogP contribution in [0.1, 0.15) is 52.9 Å². The minimum Gasteiger partial charge on any atom is -0.383 e. The van der Waals surface area contributed by atoms with E-state index in [2.05, 4.69) is 25.7 Å². The predicted octanol–water partition coefficient (Wildman–Crippen LogP) is 2.64. The van der Waals surface area contributed by atoms with Crippen LogP contribution in [0.3, 0.4) is 0 Å². The van der Waals surface area contributed by atoms with Crippen molar-refractivity contribution >= 4 is 0 Å². The van der Waals surface area contributed by atoms with Crippen molar-refractivity contribution in [3.63, 3.8) is 0 Å². The van der Waals surface area contributed by atoms with Gasteiger partial charge in [-0.05, 0) is 38.6 Å². The van der Waals surface area contributed by atoms with E-state index in [0.29, 0.717) is 12.1 Å².